The van der Waals surface area contributed by atoms with Crippen molar-refractivity contribution in [1.29, 1.82) is 0 Å². The number of carbonyl (C=O) groups excluding carboxylic acids is 2. The normalized spacial score (nSPS) is 12.8. The van der Waals surface area contributed by atoms with Crippen molar-refractivity contribution >= 4 is 62.3 Å². The van der Waals surface area contributed by atoms with Gasteiger partial charge in [0, 0.05) is 17.6 Å². The topological polar surface area (TPSA) is 86.8 Å². The molecule has 0 radical (unpaired) electrons. The van der Waals surface area contributed by atoms with Gasteiger partial charge in [0.25, 0.3) is 10.0 Å². The number of nitrogens with one attached hydrogen (secondary N) is 1. The van der Waals surface area contributed by atoms with Gasteiger partial charge in [-0.3, -0.25) is 13.9 Å². The van der Waals surface area contributed by atoms with E-state index in [4.69, 9.17) is 34.8 Å². The zero-order chi connectivity index (χ0) is 29.4. The summed E-state index contributed by atoms with van der Waals surface area (Å²) < 4.78 is 28.6. The highest BCUT2D eigenvalue weighted by atomic mass is 35.5. The molecule has 0 aromatic heterocycles. The van der Waals surface area contributed by atoms with Crippen molar-refractivity contribution < 1.29 is 18.0 Å². The molecule has 214 valence electrons. The van der Waals surface area contributed by atoms with Crippen molar-refractivity contribution in [3.8, 4) is 0 Å². The van der Waals surface area contributed by atoms with Crippen molar-refractivity contribution in [1.82, 2.24) is 10.2 Å². The number of benzene rings is 3. The molecule has 2 amide bonds. The lowest BCUT2D eigenvalue weighted by atomic mass is 10.1. The number of rotatable bonds is 12. The van der Waals surface area contributed by atoms with Gasteiger partial charge in [0.1, 0.15) is 12.6 Å². The second-order valence-electron chi connectivity index (χ2n) is 9.32. The molecule has 0 aliphatic heterocycles. The van der Waals surface area contributed by atoms with Crippen molar-refractivity contribution in [3.05, 3.63) is 93.4 Å². The molecule has 0 aliphatic carbocycles. The Morgan fingerprint density at radius 3 is 2.17 bits per heavy atom. The third kappa shape index (κ3) is 7.91. The van der Waals surface area contributed by atoms with E-state index in [9.17, 15) is 18.0 Å². The lowest BCUT2D eigenvalue weighted by Gasteiger charge is -2.33. The second kappa shape index (κ2) is 14.2. The van der Waals surface area contributed by atoms with Crippen LogP contribution in [0.4, 0.5) is 5.69 Å². The standard InChI is InChI=1S/C29H32Cl3N3O4S/c1-4-20(3)33-29(37)27(5-2)34(18-21-14-15-25(31)26(32)16-21)28(36)19-35(23-11-9-10-22(30)17-23)40(38,39)24-12-7-6-8-13-24/h6-17,20,27H,4-5,18-19H2,1-3H3,(H,33,37)/t20-,27-/m0/s1. The smallest absolute Gasteiger partial charge is 0.264 e. The van der Waals surface area contributed by atoms with Crippen molar-refractivity contribution in [2.45, 2.75) is 57.1 Å². The fourth-order valence-corrected chi connectivity index (χ4v) is 6.01. The predicted octanol–water partition coefficient (Wildman–Crippen LogP) is 6.56. The summed E-state index contributed by atoms with van der Waals surface area (Å²) in [6.07, 6.45) is 1.01. The molecule has 0 spiro atoms. The van der Waals surface area contributed by atoms with Crippen LogP contribution in [-0.4, -0.2) is 43.8 Å². The molecule has 1 N–H and O–H groups in total. The second-order valence-corrected chi connectivity index (χ2v) is 12.4. The zero-order valence-corrected chi connectivity index (χ0v) is 25.6. The van der Waals surface area contributed by atoms with E-state index in [1.165, 1.54) is 23.1 Å². The van der Waals surface area contributed by atoms with Gasteiger partial charge in [0.15, 0.2) is 0 Å². The summed E-state index contributed by atoms with van der Waals surface area (Å²) in [5, 5.41) is 3.91. The first-order chi connectivity index (χ1) is 19.0. The first kappa shape index (κ1) is 31.7. The molecule has 3 rings (SSSR count). The van der Waals surface area contributed by atoms with Gasteiger partial charge >= 0.3 is 0 Å². The van der Waals surface area contributed by atoms with Crippen LogP contribution in [0.25, 0.3) is 0 Å². The van der Waals surface area contributed by atoms with E-state index in [-0.39, 0.29) is 29.1 Å². The summed E-state index contributed by atoms with van der Waals surface area (Å²) in [5.74, 6) is -0.901. The Hall–Kier alpha value is -2.78. The number of hydrogen-bond donors (Lipinski definition) is 1. The molecule has 0 heterocycles. The summed E-state index contributed by atoms with van der Waals surface area (Å²) >= 11 is 18.5. The van der Waals surface area contributed by atoms with E-state index >= 15 is 0 Å². The lowest BCUT2D eigenvalue weighted by molar-refractivity contribution is -0.140. The van der Waals surface area contributed by atoms with E-state index in [1.807, 2.05) is 13.8 Å². The van der Waals surface area contributed by atoms with Crippen LogP contribution in [0.2, 0.25) is 15.1 Å². The van der Waals surface area contributed by atoms with Crippen LogP contribution in [0.3, 0.4) is 0 Å². The Labute approximate surface area is 251 Å². The minimum atomic E-state index is -4.17. The zero-order valence-electron chi connectivity index (χ0n) is 22.5. The summed E-state index contributed by atoms with van der Waals surface area (Å²) in [6, 6.07) is 18.1. The molecule has 40 heavy (non-hydrogen) atoms. The van der Waals surface area contributed by atoms with Crippen molar-refractivity contribution in [3.63, 3.8) is 0 Å². The maximum Gasteiger partial charge on any atom is 0.264 e. The number of amides is 2. The van der Waals surface area contributed by atoms with Crippen LogP contribution in [0.5, 0.6) is 0 Å². The highest BCUT2D eigenvalue weighted by Crippen LogP contribution is 2.28. The average Bonchev–Trinajstić information content (AvgIpc) is 2.93. The molecule has 0 aliphatic rings. The van der Waals surface area contributed by atoms with Crippen LogP contribution in [-0.2, 0) is 26.2 Å². The maximum absolute atomic E-state index is 14.1. The number of carbonyl (C=O) groups is 2. The Balaban J connectivity index is 2.07. The molecule has 2 atom stereocenters. The van der Waals surface area contributed by atoms with Crippen molar-refractivity contribution in [2.75, 3.05) is 10.8 Å². The number of nitrogens with zero attached hydrogens (tertiary/aromatic N) is 2. The van der Waals surface area contributed by atoms with Gasteiger partial charge in [-0.2, -0.15) is 0 Å². The number of sulfonamides is 1. The van der Waals surface area contributed by atoms with Crippen LogP contribution in [0.1, 0.15) is 39.2 Å². The Bertz CT molecular complexity index is 1440. The van der Waals surface area contributed by atoms with E-state index in [2.05, 4.69) is 5.32 Å². The Morgan fingerprint density at radius 2 is 1.57 bits per heavy atom. The first-order valence-corrected chi connectivity index (χ1v) is 15.4. The van der Waals surface area contributed by atoms with Crippen LogP contribution < -0.4 is 9.62 Å². The van der Waals surface area contributed by atoms with Gasteiger partial charge < -0.3 is 10.2 Å². The molecular weight excluding hydrogens is 593 g/mol. The number of halogens is 3. The molecule has 0 fully saturated rings. The first-order valence-electron chi connectivity index (χ1n) is 12.8. The minimum absolute atomic E-state index is 0.0108. The Kier molecular flexibility index (Phi) is 11.3. The van der Waals surface area contributed by atoms with Gasteiger partial charge in [-0.15, -0.1) is 0 Å². The molecule has 0 bridgehead atoms. The van der Waals surface area contributed by atoms with Crippen LogP contribution >= 0.6 is 34.8 Å². The van der Waals surface area contributed by atoms with Gasteiger partial charge in [0.05, 0.1) is 20.6 Å². The molecule has 0 unspecified atom stereocenters. The fraction of sp³-hybridized carbons (Fsp3) is 0.310. The summed E-state index contributed by atoms with van der Waals surface area (Å²) in [7, 11) is -4.17. The van der Waals surface area contributed by atoms with Crippen molar-refractivity contribution in [2.24, 2.45) is 0 Å². The molecule has 0 saturated carbocycles. The molecule has 3 aromatic carbocycles. The fourth-order valence-electron chi connectivity index (χ4n) is 4.07. The van der Waals surface area contributed by atoms with E-state index in [0.717, 1.165) is 4.31 Å². The van der Waals surface area contributed by atoms with E-state index in [0.29, 0.717) is 33.5 Å². The van der Waals surface area contributed by atoms with E-state index in [1.54, 1.807) is 61.5 Å². The highest BCUT2D eigenvalue weighted by Gasteiger charge is 2.34. The third-order valence-electron chi connectivity index (χ3n) is 6.43. The highest BCUT2D eigenvalue weighted by molar-refractivity contribution is 7.92. The molecule has 7 nitrogen and oxygen atoms in total. The minimum Gasteiger partial charge on any atom is -0.352 e. The number of hydrogen-bond acceptors (Lipinski definition) is 4. The van der Waals surface area contributed by atoms with E-state index < -0.39 is 28.5 Å². The molecule has 3 aromatic rings. The summed E-state index contributed by atoms with van der Waals surface area (Å²) in [5.41, 5.74) is 0.856. The van der Waals surface area contributed by atoms with Gasteiger partial charge in [-0.25, -0.2) is 8.42 Å². The largest absolute Gasteiger partial charge is 0.352 e. The summed E-state index contributed by atoms with van der Waals surface area (Å²) in [6.45, 7) is 5.07. The molecule has 0 saturated heterocycles. The summed E-state index contributed by atoms with van der Waals surface area (Å²) in [4.78, 5) is 28.8. The SMILES string of the molecule is CC[C@H](C)NC(=O)[C@H](CC)N(Cc1ccc(Cl)c(Cl)c1)C(=O)CN(c1cccc(Cl)c1)S(=O)(=O)c1ccccc1. The quantitative estimate of drug-likeness (QED) is 0.247. The third-order valence-corrected chi connectivity index (χ3v) is 9.19. The lowest BCUT2D eigenvalue weighted by Crippen LogP contribution is -2.53. The predicted molar refractivity (Wildman–Crippen MR) is 161 cm³/mol. The van der Waals surface area contributed by atoms with Gasteiger partial charge in [-0.05, 0) is 67.8 Å². The van der Waals surface area contributed by atoms with Gasteiger partial charge in [0.2, 0.25) is 11.8 Å². The Morgan fingerprint density at radius 1 is 0.875 bits per heavy atom. The molecular formula is C29H32Cl3N3O4S. The average molecular weight is 625 g/mol. The van der Waals surface area contributed by atoms with Crippen LogP contribution in [0.15, 0.2) is 77.7 Å². The molecule has 11 heteroatoms. The number of anilines is 1. The maximum atomic E-state index is 14.1. The van der Waals surface area contributed by atoms with Gasteiger partial charge in [-0.1, -0.05) is 79.0 Å². The van der Waals surface area contributed by atoms with Crippen LogP contribution in [0, 0.1) is 0 Å². The monoisotopic (exact) mass is 623 g/mol.